The van der Waals surface area contributed by atoms with Gasteiger partial charge in [-0.3, -0.25) is 4.79 Å². The first-order valence-electron chi connectivity index (χ1n) is 25.5. The molecule has 2 aliphatic heterocycles. The normalized spacial score (nSPS) is 27.2. The molecule has 1 amide bonds. The summed E-state index contributed by atoms with van der Waals surface area (Å²) >= 11 is 0. The van der Waals surface area contributed by atoms with Crippen molar-refractivity contribution in [1.82, 2.24) is 5.32 Å². The molecule has 388 valence electrons. The molecule has 2 aliphatic rings. The summed E-state index contributed by atoms with van der Waals surface area (Å²) in [4.78, 5) is 13.2. The number of amides is 1. The zero-order chi connectivity index (χ0) is 49.6. The summed E-state index contributed by atoms with van der Waals surface area (Å²) < 4.78 is 22.6. The van der Waals surface area contributed by atoms with E-state index in [1.165, 1.54) is 19.3 Å². The Hall–Kier alpha value is -3.09. The Morgan fingerprint density at radius 1 is 0.544 bits per heavy atom. The van der Waals surface area contributed by atoms with Gasteiger partial charge in [-0.15, -0.1) is 0 Å². The van der Waals surface area contributed by atoms with E-state index in [2.05, 4.69) is 104 Å². The van der Waals surface area contributed by atoms with Crippen LogP contribution >= 0.6 is 0 Å². The average Bonchev–Trinajstić information content (AvgIpc) is 3.34. The number of hydrogen-bond donors (Lipinski definition) is 9. The van der Waals surface area contributed by atoms with Crippen LogP contribution in [0.15, 0.2) is 97.2 Å². The molecule has 12 atom stereocenters. The van der Waals surface area contributed by atoms with Crippen molar-refractivity contribution in [1.29, 1.82) is 0 Å². The molecule has 2 rings (SSSR count). The number of carbonyl (C=O) groups is 1. The monoisotopic (exact) mass is 960 g/mol. The van der Waals surface area contributed by atoms with E-state index < -0.39 is 86.8 Å². The third kappa shape index (κ3) is 26.2. The van der Waals surface area contributed by atoms with Gasteiger partial charge in [-0.05, 0) is 89.9 Å². The fraction of sp³-hybridized carbons (Fsp3) is 0.685. The van der Waals surface area contributed by atoms with Crippen LogP contribution in [-0.4, -0.2) is 140 Å². The Kier molecular flexibility index (Phi) is 35.6. The van der Waals surface area contributed by atoms with E-state index >= 15 is 0 Å². The number of carbonyl (C=O) groups excluding carboxylic acids is 1. The highest BCUT2D eigenvalue weighted by molar-refractivity contribution is 5.76. The molecule has 2 fully saturated rings. The molecule has 0 aliphatic carbocycles. The molecule has 0 aromatic rings. The molecule has 68 heavy (non-hydrogen) atoms. The van der Waals surface area contributed by atoms with Crippen molar-refractivity contribution in [3.8, 4) is 0 Å². The standard InChI is InChI=1S/C54H89NO13/c1-3-5-7-9-11-13-15-17-18-19-20-21-22-23-24-26-28-30-32-34-36-38-46(59)55-42(43(58)37-35-33-31-29-27-25-16-14-12-10-8-6-4-2)41-65-53-51(64)49(62)52(45(40-57)67-53)68-54-50(63)48(61)47(60)44(39-56)66-54/h5,7,11-14,17-18,20-21,23-24,27,29,35,37,42-45,47-54,56-58,60-64H,3-4,6,8-10,15-16,19,22,25-26,28,30-34,36,38-41H2,1-2H3,(H,55,59)/b7-5-,13-11-,14-12+,18-17-,21-20-,24-23-,29-27+,37-35+. The lowest BCUT2D eigenvalue weighted by atomic mass is 9.97. The van der Waals surface area contributed by atoms with Crippen molar-refractivity contribution >= 4 is 5.91 Å². The van der Waals surface area contributed by atoms with Crippen LogP contribution in [0, 0.1) is 0 Å². The minimum Gasteiger partial charge on any atom is -0.394 e. The predicted octanol–water partition coefficient (Wildman–Crippen LogP) is 6.76. The molecule has 14 heteroatoms. The SMILES string of the molecule is CC/C=C\C/C=C\C/C=C\C/C=C\C/C=C\CCCCCCCC(=O)NC(COC1OC(CO)C(OC2OC(CO)C(O)C(O)C2O)C(O)C1O)C(O)/C=C/CC/C=C/CC/C=C/CCCCC. The molecule has 0 bridgehead atoms. The summed E-state index contributed by atoms with van der Waals surface area (Å²) in [7, 11) is 0. The van der Waals surface area contributed by atoms with Crippen LogP contribution in [0.25, 0.3) is 0 Å². The Balaban J connectivity index is 1.86. The largest absolute Gasteiger partial charge is 0.394 e. The van der Waals surface area contributed by atoms with Crippen LogP contribution in [0.5, 0.6) is 0 Å². The van der Waals surface area contributed by atoms with Crippen LogP contribution in [0.3, 0.4) is 0 Å². The average molecular weight is 960 g/mol. The van der Waals surface area contributed by atoms with Crippen molar-refractivity contribution in [2.75, 3.05) is 19.8 Å². The number of aliphatic hydroxyl groups is 8. The van der Waals surface area contributed by atoms with Gasteiger partial charge in [0.2, 0.25) is 5.91 Å². The summed E-state index contributed by atoms with van der Waals surface area (Å²) in [6, 6.07) is -0.953. The highest BCUT2D eigenvalue weighted by atomic mass is 16.7. The van der Waals surface area contributed by atoms with E-state index in [4.69, 9.17) is 18.9 Å². The first-order valence-corrected chi connectivity index (χ1v) is 25.5. The number of aliphatic hydroxyl groups excluding tert-OH is 8. The fourth-order valence-corrected chi connectivity index (χ4v) is 7.58. The van der Waals surface area contributed by atoms with Gasteiger partial charge in [0.15, 0.2) is 12.6 Å². The highest BCUT2D eigenvalue weighted by Gasteiger charge is 2.51. The molecule has 14 nitrogen and oxygen atoms in total. The predicted molar refractivity (Wildman–Crippen MR) is 267 cm³/mol. The molecule has 0 aromatic carbocycles. The number of nitrogens with one attached hydrogen (secondary N) is 1. The summed E-state index contributed by atoms with van der Waals surface area (Å²) in [6.07, 6.45) is 35.9. The zero-order valence-corrected chi connectivity index (χ0v) is 41.0. The van der Waals surface area contributed by atoms with Gasteiger partial charge in [-0.1, -0.05) is 143 Å². The Bertz CT molecular complexity index is 1510. The van der Waals surface area contributed by atoms with E-state index in [-0.39, 0.29) is 18.9 Å². The van der Waals surface area contributed by atoms with E-state index in [1.54, 1.807) is 6.08 Å². The van der Waals surface area contributed by atoms with E-state index in [0.717, 1.165) is 89.9 Å². The number of rotatable bonds is 37. The number of hydrogen-bond acceptors (Lipinski definition) is 13. The summed E-state index contributed by atoms with van der Waals surface area (Å²) in [5, 5.41) is 86.7. The van der Waals surface area contributed by atoms with Gasteiger partial charge in [0, 0.05) is 6.42 Å². The van der Waals surface area contributed by atoms with Crippen molar-refractivity contribution in [2.24, 2.45) is 0 Å². The van der Waals surface area contributed by atoms with Gasteiger partial charge in [0.1, 0.15) is 48.8 Å². The minimum absolute atomic E-state index is 0.241. The van der Waals surface area contributed by atoms with Gasteiger partial charge in [0.05, 0.1) is 32.0 Å². The first-order chi connectivity index (χ1) is 33.1. The van der Waals surface area contributed by atoms with Crippen LogP contribution in [0.1, 0.15) is 142 Å². The molecular weight excluding hydrogens is 871 g/mol. The second kappa shape index (κ2) is 39.6. The van der Waals surface area contributed by atoms with Crippen LogP contribution in [0.4, 0.5) is 0 Å². The van der Waals surface area contributed by atoms with Gasteiger partial charge in [-0.25, -0.2) is 0 Å². The molecule has 12 unspecified atom stereocenters. The minimum atomic E-state index is -1.80. The highest BCUT2D eigenvalue weighted by Crippen LogP contribution is 2.30. The first kappa shape index (κ1) is 61.0. The number of allylic oxidation sites excluding steroid dienone is 15. The van der Waals surface area contributed by atoms with Crippen molar-refractivity contribution in [2.45, 2.75) is 216 Å². The lowest BCUT2D eigenvalue weighted by Crippen LogP contribution is -2.65. The maximum absolute atomic E-state index is 13.2. The van der Waals surface area contributed by atoms with Crippen molar-refractivity contribution in [3.63, 3.8) is 0 Å². The molecule has 0 spiro atoms. The van der Waals surface area contributed by atoms with Crippen LogP contribution in [0.2, 0.25) is 0 Å². The molecule has 0 radical (unpaired) electrons. The van der Waals surface area contributed by atoms with Gasteiger partial charge in [0.25, 0.3) is 0 Å². The van der Waals surface area contributed by atoms with Crippen LogP contribution in [-0.2, 0) is 23.7 Å². The molecule has 0 aromatic heterocycles. The topological polar surface area (TPSA) is 228 Å². The Labute approximate surface area is 407 Å². The van der Waals surface area contributed by atoms with E-state index in [9.17, 15) is 45.6 Å². The summed E-state index contributed by atoms with van der Waals surface area (Å²) in [6.45, 7) is 2.56. The van der Waals surface area contributed by atoms with E-state index in [1.807, 2.05) is 6.08 Å². The molecular formula is C54H89NO13. The van der Waals surface area contributed by atoms with Crippen molar-refractivity contribution in [3.05, 3.63) is 97.2 Å². The number of unbranched alkanes of at least 4 members (excludes halogenated alkanes) is 10. The zero-order valence-electron chi connectivity index (χ0n) is 41.0. The van der Waals surface area contributed by atoms with Gasteiger partial charge < -0.3 is 65.1 Å². The quantitative estimate of drug-likeness (QED) is 0.0232. The lowest BCUT2D eigenvalue weighted by molar-refractivity contribution is -0.359. The van der Waals surface area contributed by atoms with Gasteiger partial charge in [-0.2, -0.15) is 0 Å². The fourth-order valence-electron chi connectivity index (χ4n) is 7.58. The van der Waals surface area contributed by atoms with Crippen molar-refractivity contribution < 1.29 is 64.6 Å². The third-order valence-corrected chi connectivity index (χ3v) is 11.7. The van der Waals surface area contributed by atoms with Gasteiger partial charge >= 0.3 is 0 Å². The lowest BCUT2D eigenvalue weighted by Gasteiger charge is -2.46. The maximum Gasteiger partial charge on any atom is 0.220 e. The molecule has 2 saturated heterocycles. The number of ether oxygens (including phenoxy) is 4. The third-order valence-electron chi connectivity index (χ3n) is 11.7. The second-order valence-electron chi connectivity index (χ2n) is 17.5. The molecule has 2 heterocycles. The Morgan fingerprint density at radius 3 is 1.62 bits per heavy atom. The smallest absolute Gasteiger partial charge is 0.220 e. The maximum atomic E-state index is 13.2. The summed E-state index contributed by atoms with van der Waals surface area (Å²) in [5.74, 6) is -0.279. The Morgan fingerprint density at radius 2 is 1.03 bits per heavy atom. The van der Waals surface area contributed by atoms with Crippen LogP contribution < -0.4 is 5.32 Å². The molecule has 0 saturated carbocycles. The van der Waals surface area contributed by atoms with E-state index in [0.29, 0.717) is 12.8 Å². The molecule has 9 N–H and O–H groups in total. The second-order valence-corrected chi connectivity index (χ2v) is 17.5. The summed E-state index contributed by atoms with van der Waals surface area (Å²) in [5.41, 5.74) is 0.